The van der Waals surface area contributed by atoms with E-state index in [0.717, 1.165) is 10.6 Å². The van der Waals surface area contributed by atoms with Crippen LogP contribution in [0.25, 0.3) is 10.6 Å². The zero-order valence-corrected chi connectivity index (χ0v) is 13.9. The van der Waals surface area contributed by atoms with E-state index in [2.05, 4.69) is 15.4 Å². The molecule has 0 bridgehead atoms. The first-order chi connectivity index (χ1) is 10.9. The number of amides is 3. The second-order valence-electron chi connectivity index (χ2n) is 5.63. The SMILES string of the molecule is COCC1(C)NC(=O)N(Cc2csc(-c3cnn(C)c3)n2)C1=O. The molecule has 2 aromatic rings. The minimum atomic E-state index is -1.02. The van der Waals surface area contributed by atoms with E-state index >= 15 is 0 Å². The Bertz CT molecular complexity index is 755. The summed E-state index contributed by atoms with van der Waals surface area (Å²) >= 11 is 1.45. The summed E-state index contributed by atoms with van der Waals surface area (Å²) in [5, 5.41) is 9.43. The van der Waals surface area contributed by atoms with Gasteiger partial charge in [0.05, 0.1) is 25.0 Å². The lowest BCUT2D eigenvalue weighted by Crippen LogP contribution is -2.47. The number of aryl methyl sites for hydroxylation is 1. The molecule has 3 heterocycles. The van der Waals surface area contributed by atoms with Crippen LogP contribution in [0, 0.1) is 0 Å². The van der Waals surface area contributed by atoms with Crippen molar-refractivity contribution in [3.05, 3.63) is 23.5 Å². The van der Waals surface area contributed by atoms with Crippen LogP contribution in [0.4, 0.5) is 4.79 Å². The summed E-state index contributed by atoms with van der Waals surface area (Å²) in [6, 6.07) is -0.425. The lowest BCUT2D eigenvalue weighted by molar-refractivity contribution is -0.132. The Morgan fingerprint density at radius 3 is 2.87 bits per heavy atom. The van der Waals surface area contributed by atoms with Crippen molar-refractivity contribution in [2.24, 2.45) is 7.05 Å². The van der Waals surface area contributed by atoms with Crippen LogP contribution >= 0.6 is 11.3 Å². The summed E-state index contributed by atoms with van der Waals surface area (Å²) in [4.78, 5) is 30.1. The number of imide groups is 1. The molecule has 1 N–H and O–H groups in total. The number of nitrogens with one attached hydrogen (secondary N) is 1. The van der Waals surface area contributed by atoms with Crippen molar-refractivity contribution in [2.45, 2.75) is 19.0 Å². The van der Waals surface area contributed by atoms with Crippen LogP contribution in [0.15, 0.2) is 17.8 Å². The highest BCUT2D eigenvalue weighted by molar-refractivity contribution is 7.13. The fraction of sp³-hybridized carbons (Fsp3) is 0.429. The first-order valence-corrected chi connectivity index (χ1v) is 7.87. The van der Waals surface area contributed by atoms with Crippen molar-refractivity contribution >= 4 is 23.3 Å². The number of carbonyl (C=O) groups is 2. The molecule has 0 radical (unpaired) electrons. The van der Waals surface area contributed by atoms with E-state index in [1.165, 1.54) is 23.3 Å². The smallest absolute Gasteiger partial charge is 0.325 e. The van der Waals surface area contributed by atoms with Crippen LogP contribution < -0.4 is 5.32 Å². The van der Waals surface area contributed by atoms with Gasteiger partial charge in [-0.2, -0.15) is 5.10 Å². The summed E-state index contributed by atoms with van der Waals surface area (Å²) in [6.45, 7) is 1.92. The molecule has 1 aliphatic rings. The fourth-order valence-corrected chi connectivity index (χ4v) is 3.27. The standard InChI is InChI=1S/C14H17N5O3S/c1-14(8-22-3)12(20)19(13(21)17-14)6-10-7-23-11(16-10)9-4-15-18(2)5-9/h4-5,7H,6,8H2,1-3H3,(H,17,21). The molecule has 9 heteroatoms. The first-order valence-electron chi connectivity index (χ1n) is 6.99. The maximum Gasteiger partial charge on any atom is 0.325 e. The van der Waals surface area contributed by atoms with Crippen molar-refractivity contribution in [2.75, 3.05) is 13.7 Å². The Morgan fingerprint density at radius 1 is 1.43 bits per heavy atom. The molecule has 1 unspecified atom stereocenters. The molecule has 1 aliphatic heterocycles. The second kappa shape index (κ2) is 5.74. The first kappa shape index (κ1) is 15.6. The van der Waals surface area contributed by atoms with Crippen LogP contribution in [-0.4, -0.2) is 50.9 Å². The highest BCUT2D eigenvalue weighted by Crippen LogP contribution is 2.25. The third kappa shape index (κ3) is 2.84. The number of methoxy groups -OCH3 is 1. The minimum Gasteiger partial charge on any atom is -0.382 e. The molecule has 0 aromatic carbocycles. The number of ether oxygens (including phenoxy) is 1. The van der Waals surface area contributed by atoms with Gasteiger partial charge in [-0.1, -0.05) is 0 Å². The number of thiazole rings is 1. The molecular formula is C14H17N5O3S. The summed E-state index contributed by atoms with van der Waals surface area (Å²) in [5.41, 5.74) is 0.554. The number of hydrogen-bond acceptors (Lipinski definition) is 6. The van der Waals surface area contributed by atoms with Gasteiger partial charge in [0.1, 0.15) is 10.5 Å². The van der Waals surface area contributed by atoms with Crippen LogP contribution in [0.3, 0.4) is 0 Å². The number of aromatic nitrogens is 3. The molecule has 2 aromatic heterocycles. The Morgan fingerprint density at radius 2 is 2.22 bits per heavy atom. The van der Waals surface area contributed by atoms with Crippen molar-refractivity contribution in [3.63, 3.8) is 0 Å². The van der Waals surface area contributed by atoms with E-state index in [1.54, 1.807) is 17.8 Å². The molecule has 8 nitrogen and oxygen atoms in total. The Labute approximate surface area is 137 Å². The van der Waals surface area contributed by atoms with Gasteiger partial charge in [-0.3, -0.25) is 14.4 Å². The number of nitrogens with zero attached hydrogens (tertiary/aromatic N) is 4. The molecule has 1 fully saturated rings. The third-order valence-corrected chi connectivity index (χ3v) is 4.54. The van der Waals surface area contributed by atoms with Crippen molar-refractivity contribution in [1.29, 1.82) is 0 Å². The highest BCUT2D eigenvalue weighted by Gasteiger charge is 2.47. The Kier molecular flexibility index (Phi) is 3.90. The lowest BCUT2D eigenvalue weighted by Gasteiger charge is -2.20. The number of hydrogen-bond donors (Lipinski definition) is 1. The van der Waals surface area contributed by atoms with E-state index in [0.29, 0.717) is 5.69 Å². The number of rotatable bonds is 5. The molecular weight excluding hydrogens is 318 g/mol. The molecule has 23 heavy (non-hydrogen) atoms. The zero-order chi connectivity index (χ0) is 16.6. The quantitative estimate of drug-likeness (QED) is 0.824. The van der Waals surface area contributed by atoms with Gasteiger partial charge in [-0.05, 0) is 6.92 Å². The van der Waals surface area contributed by atoms with E-state index in [1.807, 2.05) is 18.6 Å². The largest absolute Gasteiger partial charge is 0.382 e. The molecule has 0 aliphatic carbocycles. The average molecular weight is 335 g/mol. The van der Waals surface area contributed by atoms with Gasteiger partial charge < -0.3 is 10.1 Å². The van der Waals surface area contributed by atoms with E-state index < -0.39 is 11.6 Å². The van der Waals surface area contributed by atoms with Gasteiger partial charge in [0, 0.05) is 31.3 Å². The van der Waals surface area contributed by atoms with Crippen LogP contribution in [0.5, 0.6) is 0 Å². The summed E-state index contributed by atoms with van der Waals surface area (Å²) in [7, 11) is 3.33. The molecule has 3 amide bonds. The van der Waals surface area contributed by atoms with E-state index in [-0.39, 0.29) is 19.1 Å². The second-order valence-corrected chi connectivity index (χ2v) is 6.49. The van der Waals surface area contributed by atoms with Gasteiger partial charge >= 0.3 is 6.03 Å². The van der Waals surface area contributed by atoms with Gasteiger partial charge in [0.2, 0.25) is 0 Å². The Hall–Kier alpha value is -2.26. The fourth-order valence-electron chi connectivity index (χ4n) is 2.48. The van der Waals surface area contributed by atoms with E-state index in [4.69, 9.17) is 4.74 Å². The predicted octanol–water partition coefficient (Wildman–Crippen LogP) is 1.00. The summed E-state index contributed by atoms with van der Waals surface area (Å²) in [5.74, 6) is -0.305. The van der Waals surface area contributed by atoms with Crippen LogP contribution in [0.1, 0.15) is 12.6 Å². The van der Waals surface area contributed by atoms with Gasteiger partial charge in [-0.15, -0.1) is 11.3 Å². The molecule has 1 saturated heterocycles. The third-order valence-electron chi connectivity index (χ3n) is 3.60. The Balaban J connectivity index is 1.76. The van der Waals surface area contributed by atoms with Crippen molar-refractivity contribution in [3.8, 4) is 10.6 Å². The van der Waals surface area contributed by atoms with Gasteiger partial charge in [0.15, 0.2) is 0 Å². The molecule has 3 rings (SSSR count). The molecule has 0 saturated carbocycles. The molecule has 122 valence electrons. The maximum atomic E-state index is 12.4. The minimum absolute atomic E-state index is 0.131. The molecule has 1 atom stereocenters. The zero-order valence-electron chi connectivity index (χ0n) is 13.1. The lowest BCUT2D eigenvalue weighted by atomic mass is 10.0. The van der Waals surface area contributed by atoms with Gasteiger partial charge in [0.25, 0.3) is 5.91 Å². The summed E-state index contributed by atoms with van der Waals surface area (Å²) in [6.07, 6.45) is 3.60. The van der Waals surface area contributed by atoms with Crippen LogP contribution in [0.2, 0.25) is 0 Å². The number of urea groups is 1. The highest BCUT2D eigenvalue weighted by atomic mass is 32.1. The number of carbonyl (C=O) groups excluding carboxylic acids is 2. The molecule has 0 spiro atoms. The summed E-state index contributed by atoms with van der Waals surface area (Å²) < 4.78 is 6.72. The monoisotopic (exact) mass is 335 g/mol. The van der Waals surface area contributed by atoms with Crippen molar-refractivity contribution in [1.82, 2.24) is 25.0 Å². The van der Waals surface area contributed by atoms with Crippen molar-refractivity contribution < 1.29 is 14.3 Å². The predicted molar refractivity (Wildman–Crippen MR) is 83.7 cm³/mol. The average Bonchev–Trinajstić information content (AvgIpc) is 3.16. The van der Waals surface area contributed by atoms with Crippen LogP contribution in [-0.2, 0) is 23.1 Å². The maximum absolute atomic E-state index is 12.4. The topological polar surface area (TPSA) is 89.3 Å². The normalized spacial score (nSPS) is 21.1. The van der Waals surface area contributed by atoms with E-state index in [9.17, 15) is 9.59 Å². The van der Waals surface area contributed by atoms with Gasteiger partial charge in [-0.25, -0.2) is 9.78 Å².